The number of hydrogen-bond acceptors (Lipinski definition) is 9. The highest BCUT2D eigenvalue weighted by atomic mass is 32.2. The van der Waals surface area contributed by atoms with E-state index in [1.54, 1.807) is 12.1 Å². The van der Waals surface area contributed by atoms with E-state index in [0.717, 1.165) is 34.7 Å². The van der Waals surface area contributed by atoms with Gasteiger partial charge in [-0.05, 0) is 55.8 Å². The average Bonchev–Trinajstić information content (AvgIpc) is 3.27. The normalized spacial score (nSPS) is 18.0. The predicted octanol–water partition coefficient (Wildman–Crippen LogP) is 4.93. The van der Waals surface area contributed by atoms with Gasteiger partial charge in [-0.15, -0.1) is 4.33 Å². The van der Waals surface area contributed by atoms with Crippen molar-refractivity contribution in [2.24, 2.45) is 0 Å². The summed E-state index contributed by atoms with van der Waals surface area (Å²) < 4.78 is 39.9. The van der Waals surface area contributed by atoms with Crippen LogP contribution in [0.25, 0.3) is 0 Å². The summed E-state index contributed by atoms with van der Waals surface area (Å²) in [4.78, 5) is 25.2. The molecule has 0 atom stereocenters. The van der Waals surface area contributed by atoms with Crippen LogP contribution in [0.2, 0.25) is 0 Å². The van der Waals surface area contributed by atoms with Crippen molar-refractivity contribution in [2.75, 3.05) is 18.0 Å². The molecule has 4 N–H and O–H groups in total. The van der Waals surface area contributed by atoms with Crippen molar-refractivity contribution in [3.05, 3.63) is 71.5 Å². The van der Waals surface area contributed by atoms with Crippen molar-refractivity contribution in [1.82, 2.24) is 0 Å². The lowest BCUT2D eigenvalue weighted by Crippen LogP contribution is -2.29. The number of fused-ring (bicyclic) bond motifs is 2. The fraction of sp³-hybridized carbons (Fsp3) is 0.345. The zero-order chi connectivity index (χ0) is 31.7. The van der Waals surface area contributed by atoms with Gasteiger partial charge in [0.2, 0.25) is 5.69 Å². The van der Waals surface area contributed by atoms with Gasteiger partial charge in [-0.3, -0.25) is 14.1 Å². The Hall–Kier alpha value is -3.53. The van der Waals surface area contributed by atoms with Crippen molar-refractivity contribution in [3.8, 4) is 0 Å². The van der Waals surface area contributed by atoms with Gasteiger partial charge in [0.05, 0.1) is 28.8 Å². The lowest BCUT2D eigenvalue weighted by atomic mass is 9.81. The van der Waals surface area contributed by atoms with Gasteiger partial charge in [-0.2, -0.15) is 13.0 Å². The number of carbonyl (C=O) groups is 2. The molecule has 230 valence electrons. The summed E-state index contributed by atoms with van der Waals surface area (Å²) in [5, 5.41) is 31.1. The van der Waals surface area contributed by atoms with Crippen molar-refractivity contribution in [2.45, 2.75) is 61.2 Å². The molecule has 0 radical (unpaired) electrons. The molecule has 2 aliphatic rings. The second-order valence-electron chi connectivity index (χ2n) is 11.2. The second-order valence-corrected chi connectivity index (χ2v) is 13.4. The molecule has 2 aliphatic heterocycles. The zero-order valence-electron chi connectivity index (χ0n) is 24.0. The van der Waals surface area contributed by atoms with Gasteiger partial charge < -0.3 is 15.1 Å². The summed E-state index contributed by atoms with van der Waals surface area (Å²) in [7, 11) is -4.45. The van der Waals surface area contributed by atoms with Crippen LogP contribution in [0.15, 0.2) is 70.1 Å². The van der Waals surface area contributed by atoms with Gasteiger partial charge in [0.1, 0.15) is 6.42 Å². The van der Waals surface area contributed by atoms with Crippen LogP contribution in [-0.2, 0) is 39.9 Å². The zero-order valence-corrected chi connectivity index (χ0v) is 25.6. The number of anilines is 1. The minimum atomic E-state index is -4.45. The fourth-order valence-corrected chi connectivity index (χ4v) is 6.61. The summed E-state index contributed by atoms with van der Waals surface area (Å²) in [6.45, 7) is 8.13. The quantitative estimate of drug-likeness (QED) is 0.0817. The molecule has 0 aliphatic carbocycles. The van der Waals surface area contributed by atoms with Gasteiger partial charge in [0, 0.05) is 45.9 Å². The van der Waals surface area contributed by atoms with Crippen molar-refractivity contribution in [3.63, 3.8) is 0 Å². The van der Waals surface area contributed by atoms with E-state index < -0.39 is 32.9 Å². The molecule has 14 heteroatoms. The summed E-state index contributed by atoms with van der Waals surface area (Å²) in [6.07, 6.45) is 5.27. The van der Waals surface area contributed by atoms with Crippen molar-refractivity contribution >= 4 is 51.2 Å². The number of rotatable bonds is 12. The molecule has 0 saturated carbocycles. The van der Waals surface area contributed by atoms with Crippen LogP contribution in [0.5, 0.6) is 0 Å². The Morgan fingerprint density at radius 2 is 1.70 bits per heavy atom. The number of benzene rings is 2. The van der Waals surface area contributed by atoms with Gasteiger partial charge in [0.15, 0.2) is 12.3 Å². The fourth-order valence-electron chi connectivity index (χ4n) is 5.70. The van der Waals surface area contributed by atoms with Gasteiger partial charge in [-0.25, -0.2) is 5.26 Å². The first-order valence-electron chi connectivity index (χ1n) is 13.2. The summed E-state index contributed by atoms with van der Waals surface area (Å²) in [6, 6.07) is 9.74. The maximum Gasteiger partial charge on any atom is 0.309 e. The third kappa shape index (κ3) is 6.54. The molecule has 0 fully saturated rings. The molecule has 4 rings (SSSR count). The van der Waals surface area contributed by atoms with Crippen molar-refractivity contribution in [1.29, 1.82) is 0 Å². The van der Waals surface area contributed by atoms with E-state index in [4.69, 9.17) is 5.26 Å². The third-order valence-corrected chi connectivity index (χ3v) is 9.22. The first-order chi connectivity index (χ1) is 20.1. The van der Waals surface area contributed by atoms with E-state index >= 15 is 0 Å². The molecule has 2 heterocycles. The van der Waals surface area contributed by atoms with Gasteiger partial charge >= 0.3 is 11.9 Å². The largest absolute Gasteiger partial charge is 0.481 e. The Balaban J connectivity index is 1.79. The molecule has 0 saturated heterocycles. The highest BCUT2D eigenvalue weighted by molar-refractivity contribution is 7.94. The van der Waals surface area contributed by atoms with Crippen LogP contribution in [0, 0.1) is 0 Å². The van der Waals surface area contributed by atoms with E-state index in [0.29, 0.717) is 16.1 Å². The number of carboxylic acid groups (broad SMARTS) is 2. The smallest absolute Gasteiger partial charge is 0.309 e. The van der Waals surface area contributed by atoms with Gasteiger partial charge in [0.25, 0.3) is 10.1 Å². The molecule has 43 heavy (non-hydrogen) atoms. The number of carboxylic acids is 2. The van der Waals surface area contributed by atoms with Crippen molar-refractivity contribution < 1.29 is 52.0 Å². The van der Waals surface area contributed by atoms with Crippen LogP contribution in [0.3, 0.4) is 0 Å². The molecule has 2 aromatic rings. The highest BCUT2D eigenvalue weighted by Gasteiger charge is 2.45. The van der Waals surface area contributed by atoms with Crippen LogP contribution in [0.4, 0.5) is 11.4 Å². The monoisotopic (exact) mass is 633 g/mol. The number of hydrogen-bond donors (Lipinski definition) is 4. The lowest BCUT2D eigenvalue weighted by molar-refractivity contribution is -0.436. The molecule has 0 bridgehead atoms. The molecule has 12 nitrogen and oxygen atoms in total. The summed E-state index contributed by atoms with van der Waals surface area (Å²) in [5.74, 6) is -1.93. The van der Waals surface area contributed by atoms with Crippen LogP contribution in [-0.4, -0.2) is 63.8 Å². The van der Waals surface area contributed by atoms with E-state index in [1.807, 2.05) is 67.5 Å². The second kappa shape index (κ2) is 12.2. The molecule has 0 spiro atoms. The Morgan fingerprint density at radius 1 is 1.00 bits per heavy atom. The Labute approximate surface area is 253 Å². The van der Waals surface area contributed by atoms with Gasteiger partial charge in [-0.1, -0.05) is 25.0 Å². The van der Waals surface area contributed by atoms with E-state index in [1.165, 1.54) is 12.1 Å². The Bertz CT molecular complexity index is 1660. The molecule has 0 unspecified atom stereocenters. The third-order valence-electron chi connectivity index (χ3n) is 7.79. The van der Waals surface area contributed by atoms with Crippen LogP contribution < -0.4 is 4.90 Å². The predicted molar refractivity (Wildman–Crippen MR) is 158 cm³/mol. The highest BCUT2D eigenvalue weighted by Crippen LogP contribution is 2.49. The molecular weight excluding hydrogens is 600 g/mol. The Kier molecular flexibility index (Phi) is 9.21. The first kappa shape index (κ1) is 32.4. The summed E-state index contributed by atoms with van der Waals surface area (Å²) >= 11 is 0.823. The van der Waals surface area contributed by atoms with Crippen LogP contribution in [0.1, 0.15) is 51.7 Å². The lowest BCUT2D eigenvalue weighted by Gasteiger charge is -2.26. The minimum absolute atomic E-state index is 0.104. The number of aliphatic carboxylic acids is 2. The van der Waals surface area contributed by atoms with E-state index in [-0.39, 0.29) is 30.8 Å². The standard InChI is InChI=1S/C29H32N2O10S2/c1-28(2)20-16-18(42-41-40-36)8-10-22(20)30(14-12-26(32)33)24(28)6-5-7-25-29(3,4)21-17-19(43(37,38)39)9-11-23(21)31(25)15-13-27(34)35/h5-11,16-17H,12-15H2,1-4H3,(H3-,32,33,34,35,36,37,38,39)/p+1. The first-order valence-corrected chi connectivity index (χ1v) is 15.4. The topological polar surface area (TPSA) is 174 Å². The maximum atomic E-state index is 11.9. The summed E-state index contributed by atoms with van der Waals surface area (Å²) in [5.41, 5.74) is 3.22. The van der Waals surface area contributed by atoms with E-state index in [9.17, 15) is 32.8 Å². The maximum absolute atomic E-state index is 11.9. The minimum Gasteiger partial charge on any atom is -0.481 e. The van der Waals surface area contributed by atoms with E-state index in [2.05, 4.69) is 9.37 Å². The molecule has 0 amide bonds. The van der Waals surface area contributed by atoms with Crippen LogP contribution >= 0.6 is 12.0 Å². The molecular formula is C29H33N2O10S2+. The average molecular weight is 634 g/mol. The molecule has 2 aromatic carbocycles. The molecule has 0 aromatic heterocycles. The Morgan fingerprint density at radius 3 is 2.33 bits per heavy atom. The number of nitrogens with zero attached hydrogens (tertiary/aromatic N) is 2. The number of allylic oxidation sites excluding steroid dienone is 4. The SMILES string of the molecule is CC1(C)C(C=C/C=C2/N(CCC(=O)O)c3ccc(S(=O)(=O)O)cc3C2(C)C)=[N+](CCC(=O)O)c2ccc(SOOO)cc21.